The Morgan fingerprint density at radius 1 is 0.839 bits per heavy atom. The Morgan fingerprint density at radius 3 is 2.13 bits per heavy atom. The van der Waals surface area contributed by atoms with Crippen molar-refractivity contribution in [2.24, 2.45) is 4.99 Å². The zero-order valence-corrected chi connectivity index (χ0v) is 20.7. The first-order valence-corrected chi connectivity index (χ1v) is 11.8. The van der Waals surface area contributed by atoms with Crippen molar-refractivity contribution < 1.29 is 5.11 Å². The van der Waals surface area contributed by atoms with Crippen molar-refractivity contribution in [1.29, 1.82) is 0 Å². The maximum absolute atomic E-state index is 11.2. The van der Waals surface area contributed by atoms with Gasteiger partial charge in [0.15, 0.2) is 0 Å². The van der Waals surface area contributed by atoms with E-state index in [4.69, 9.17) is 0 Å². The van der Waals surface area contributed by atoms with E-state index in [1.165, 1.54) is 16.4 Å². The van der Waals surface area contributed by atoms with Crippen LogP contribution in [0.5, 0.6) is 5.75 Å². The average Bonchev–Trinajstić information content (AvgIpc) is 2.68. The van der Waals surface area contributed by atoms with Crippen LogP contribution in [0.1, 0.15) is 63.8 Å². The first-order valence-electron chi connectivity index (χ1n) is 10.8. The molecule has 1 atom stereocenters. The summed E-state index contributed by atoms with van der Waals surface area (Å²) in [5.41, 5.74) is 5.39. The number of rotatable bonds is 4. The topological polar surface area (TPSA) is 32.6 Å². The van der Waals surface area contributed by atoms with E-state index >= 15 is 0 Å². The highest BCUT2D eigenvalue weighted by Crippen LogP contribution is 2.36. The summed E-state index contributed by atoms with van der Waals surface area (Å²) in [6.45, 7) is 15.3. The fourth-order valence-corrected chi connectivity index (χ4v) is 4.82. The minimum Gasteiger partial charge on any atom is -0.507 e. The summed E-state index contributed by atoms with van der Waals surface area (Å²) in [6, 6.07) is 20.7. The van der Waals surface area contributed by atoms with Crippen LogP contribution in [0.15, 0.2) is 65.7 Å². The minimum atomic E-state index is -0.131. The highest BCUT2D eigenvalue weighted by Gasteiger charge is 2.25. The fraction of sp³-hybridized carbons (Fsp3) is 0.321. The molecule has 3 aromatic carbocycles. The van der Waals surface area contributed by atoms with Crippen LogP contribution in [-0.4, -0.2) is 11.3 Å². The largest absolute Gasteiger partial charge is 0.507 e. The van der Waals surface area contributed by atoms with Gasteiger partial charge in [0.05, 0.1) is 5.69 Å². The molecule has 0 spiro atoms. The molecule has 0 aromatic heterocycles. The Labute approximate surface area is 189 Å². The first-order chi connectivity index (χ1) is 14.5. The van der Waals surface area contributed by atoms with Gasteiger partial charge in [-0.25, -0.2) is 0 Å². The van der Waals surface area contributed by atoms with E-state index in [0.29, 0.717) is 14.3 Å². The van der Waals surface area contributed by atoms with Crippen LogP contribution in [0.3, 0.4) is 0 Å². The van der Waals surface area contributed by atoms with Crippen LogP contribution >= 0.6 is 8.58 Å². The van der Waals surface area contributed by atoms with Gasteiger partial charge < -0.3 is 5.11 Å². The van der Waals surface area contributed by atoms with Crippen LogP contribution in [0.4, 0.5) is 5.69 Å². The quantitative estimate of drug-likeness (QED) is 0.363. The number of phenols is 1. The van der Waals surface area contributed by atoms with Gasteiger partial charge in [0, 0.05) is 22.6 Å². The van der Waals surface area contributed by atoms with Gasteiger partial charge in [-0.1, -0.05) is 92.6 Å². The summed E-state index contributed by atoms with van der Waals surface area (Å²) in [5.74, 6) is 0.424. The highest BCUT2D eigenvalue weighted by atomic mass is 31.1. The van der Waals surface area contributed by atoms with E-state index < -0.39 is 0 Å². The van der Waals surface area contributed by atoms with Crippen LogP contribution in [0, 0.1) is 6.92 Å². The molecule has 0 saturated heterocycles. The number of aryl methyl sites for hydroxylation is 1. The molecule has 0 aliphatic rings. The number of aliphatic imine (C=N–C) groups is 1. The van der Waals surface area contributed by atoms with Gasteiger partial charge in [-0.2, -0.15) is 0 Å². The molecule has 3 aromatic rings. The van der Waals surface area contributed by atoms with Gasteiger partial charge >= 0.3 is 0 Å². The number of hydrogen-bond donors (Lipinski definition) is 1. The molecule has 162 valence electrons. The molecule has 0 radical (unpaired) electrons. The van der Waals surface area contributed by atoms with Gasteiger partial charge in [-0.05, 0) is 52.4 Å². The average molecular weight is 432 g/mol. The Hall–Kier alpha value is -2.44. The monoisotopic (exact) mass is 431 g/mol. The Bertz CT molecular complexity index is 1090. The molecule has 3 heteroatoms. The summed E-state index contributed by atoms with van der Waals surface area (Å²) in [6.07, 6.45) is 1.94. The molecule has 31 heavy (non-hydrogen) atoms. The number of nitrogens with zero attached hydrogens (tertiary/aromatic N) is 1. The molecule has 0 fully saturated rings. The van der Waals surface area contributed by atoms with E-state index in [2.05, 4.69) is 83.8 Å². The van der Waals surface area contributed by atoms with E-state index in [1.54, 1.807) is 0 Å². The van der Waals surface area contributed by atoms with Crippen LogP contribution in [0.2, 0.25) is 0 Å². The summed E-state index contributed by atoms with van der Waals surface area (Å²) < 4.78 is 0. The lowest BCUT2D eigenvalue weighted by Crippen LogP contribution is -2.21. The Morgan fingerprint density at radius 2 is 1.52 bits per heavy atom. The number of aromatic hydroxyl groups is 1. The van der Waals surface area contributed by atoms with Crippen molar-refractivity contribution in [2.45, 2.75) is 59.3 Å². The zero-order valence-electron chi connectivity index (χ0n) is 19.7. The van der Waals surface area contributed by atoms with Gasteiger partial charge in [0.25, 0.3) is 0 Å². The third kappa shape index (κ3) is 5.63. The van der Waals surface area contributed by atoms with Crippen LogP contribution in [0.25, 0.3) is 0 Å². The normalized spacial score (nSPS) is 12.9. The van der Waals surface area contributed by atoms with Gasteiger partial charge in [-0.15, -0.1) is 0 Å². The van der Waals surface area contributed by atoms with Crippen LogP contribution in [-0.2, 0) is 10.8 Å². The standard InChI is InChI=1S/C28H34NOP/c1-19-12-11-13-20(18-29-22-14-9-8-10-15-22)26(19)31-24-17-21(27(2,3)4)16-23(25(24)30)28(5,6)7/h8-18,30-31H,1-7H3. The van der Waals surface area contributed by atoms with Crippen molar-refractivity contribution in [3.63, 3.8) is 0 Å². The SMILES string of the molecule is Cc1cccc(C=Nc2ccccc2)c1Pc1cc(C(C)(C)C)cc(C(C)(C)C)c1O. The third-order valence-corrected chi connectivity index (χ3v) is 7.04. The third-order valence-electron chi connectivity index (χ3n) is 5.46. The van der Waals surface area contributed by atoms with Crippen molar-refractivity contribution in [1.82, 2.24) is 0 Å². The fourth-order valence-electron chi connectivity index (χ4n) is 3.50. The van der Waals surface area contributed by atoms with Crippen molar-refractivity contribution in [3.8, 4) is 5.75 Å². The Balaban J connectivity index is 2.09. The van der Waals surface area contributed by atoms with Crippen molar-refractivity contribution in [2.75, 3.05) is 0 Å². The van der Waals surface area contributed by atoms with Gasteiger partial charge in [-0.3, -0.25) is 4.99 Å². The van der Waals surface area contributed by atoms with Crippen molar-refractivity contribution in [3.05, 3.63) is 82.9 Å². The molecule has 0 aliphatic heterocycles. The molecular formula is C28H34NOP. The summed E-state index contributed by atoms with van der Waals surface area (Å²) in [4.78, 5) is 4.67. The van der Waals surface area contributed by atoms with Gasteiger partial charge in [0.1, 0.15) is 5.75 Å². The van der Waals surface area contributed by atoms with Crippen LogP contribution < -0.4 is 10.6 Å². The zero-order chi connectivity index (χ0) is 22.8. The second-order valence-electron chi connectivity index (χ2n) is 10.2. The molecule has 0 heterocycles. The molecule has 3 rings (SSSR count). The van der Waals surface area contributed by atoms with E-state index in [0.717, 1.165) is 22.1 Å². The number of hydrogen-bond acceptors (Lipinski definition) is 2. The van der Waals surface area contributed by atoms with Gasteiger partial charge in [0.2, 0.25) is 0 Å². The first kappa shape index (κ1) is 23.2. The predicted octanol–water partition coefficient (Wildman–Crippen LogP) is 6.68. The molecule has 1 unspecified atom stereocenters. The lowest BCUT2D eigenvalue weighted by molar-refractivity contribution is 0.449. The maximum atomic E-state index is 11.2. The number of phenolic OH excluding ortho intramolecular Hbond substituents is 1. The second kappa shape index (κ2) is 8.97. The maximum Gasteiger partial charge on any atom is 0.127 e. The highest BCUT2D eigenvalue weighted by molar-refractivity contribution is 7.56. The van der Waals surface area contributed by atoms with Crippen molar-refractivity contribution >= 4 is 31.1 Å². The molecule has 1 N–H and O–H groups in total. The lowest BCUT2D eigenvalue weighted by Gasteiger charge is -2.28. The summed E-state index contributed by atoms with van der Waals surface area (Å²) >= 11 is 0. The van der Waals surface area contributed by atoms with E-state index in [-0.39, 0.29) is 10.8 Å². The molecule has 0 saturated carbocycles. The summed E-state index contributed by atoms with van der Waals surface area (Å²) in [5, 5.41) is 13.5. The second-order valence-corrected chi connectivity index (χ2v) is 11.5. The Kier molecular flexibility index (Phi) is 6.72. The number of para-hydroxylation sites is 1. The smallest absolute Gasteiger partial charge is 0.127 e. The molecular weight excluding hydrogens is 397 g/mol. The molecule has 0 aliphatic carbocycles. The molecule has 0 amide bonds. The molecule has 2 nitrogen and oxygen atoms in total. The molecule has 0 bridgehead atoms. The minimum absolute atomic E-state index is 0.0102. The predicted molar refractivity (Wildman–Crippen MR) is 138 cm³/mol. The number of benzene rings is 3. The van der Waals surface area contributed by atoms with E-state index in [1.807, 2.05) is 36.5 Å². The lowest BCUT2D eigenvalue weighted by atomic mass is 9.80. The summed E-state index contributed by atoms with van der Waals surface area (Å²) in [7, 11) is 0.350. The van der Waals surface area contributed by atoms with E-state index in [9.17, 15) is 5.11 Å².